The highest BCUT2D eigenvalue weighted by Crippen LogP contribution is 2.31. The van der Waals surface area contributed by atoms with Crippen LogP contribution in [0.3, 0.4) is 0 Å². The predicted molar refractivity (Wildman–Crippen MR) is 144 cm³/mol. The molecule has 0 aliphatic carbocycles. The Morgan fingerprint density at radius 1 is 1.08 bits per heavy atom. The number of sulfonamides is 1. The van der Waals surface area contributed by atoms with Crippen LogP contribution >= 0.6 is 23.2 Å². The summed E-state index contributed by atoms with van der Waals surface area (Å²) < 4.78 is 31.3. The van der Waals surface area contributed by atoms with Crippen LogP contribution in [0.4, 0.5) is 5.69 Å². The van der Waals surface area contributed by atoms with Gasteiger partial charge >= 0.3 is 0 Å². The van der Waals surface area contributed by atoms with Crippen LogP contribution in [-0.2, 0) is 26.2 Å². The number of carbonyl (C=O) groups is 2. The number of benzene rings is 2. The minimum atomic E-state index is -3.68. The van der Waals surface area contributed by atoms with E-state index < -0.39 is 16.1 Å². The monoisotopic (exact) mass is 557 g/mol. The van der Waals surface area contributed by atoms with Crippen LogP contribution in [-0.4, -0.2) is 57.6 Å². The third-order valence-electron chi connectivity index (χ3n) is 5.58. The zero-order valence-corrected chi connectivity index (χ0v) is 23.3. The molecule has 0 saturated heterocycles. The first-order valence-corrected chi connectivity index (χ1v) is 14.2. The van der Waals surface area contributed by atoms with Gasteiger partial charge < -0.3 is 15.0 Å². The third-order valence-corrected chi connectivity index (χ3v) is 7.31. The minimum Gasteiger partial charge on any atom is -0.497 e. The summed E-state index contributed by atoms with van der Waals surface area (Å²) in [6, 6.07) is 11.2. The van der Waals surface area contributed by atoms with Crippen molar-refractivity contribution in [2.75, 3.05) is 30.8 Å². The lowest BCUT2D eigenvalue weighted by Crippen LogP contribution is -2.49. The van der Waals surface area contributed by atoms with Gasteiger partial charge in [0, 0.05) is 31.1 Å². The van der Waals surface area contributed by atoms with Crippen LogP contribution in [0.15, 0.2) is 42.5 Å². The van der Waals surface area contributed by atoms with Gasteiger partial charge in [-0.3, -0.25) is 13.9 Å². The molecule has 0 heterocycles. The molecule has 0 bridgehead atoms. The Morgan fingerprint density at radius 2 is 1.75 bits per heavy atom. The van der Waals surface area contributed by atoms with Crippen LogP contribution in [0.5, 0.6) is 5.75 Å². The summed E-state index contributed by atoms with van der Waals surface area (Å²) in [5.74, 6) is 0.202. The van der Waals surface area contributed by atoms with Gasteiger partial charge in [0.05, 0.1) is 24.1 Å². The van der Waals surface area contributed by atoms with Gasteiger partial charge in [0.25, 0.3) is 0 Å². The predicted octanol–water partition coefficient (Wildman–Crippen LogP) is 4.49. The average Bonchev–Trinajstić information content (AvgIpc) is 2.83. The van der Waals surface area contributed by atoms with Gasteiger partial charge in [0.2, 0.25) is 21.8 Å². The Morgan fingerprint density at radius 3 is 2.31 bits per heavy atom. The molecule has 0 unspecified atom stereocenters. The van der Waals surface area contributed by atoms with Crippen LogP contribution in [0.1, 0.15) is 38.7 Å². The van der Waals surface area contributed by atoms with E-state index in [9.17, 15) is 18.0 Å². The number of amides is 2. The first kappa shape index (κ1) is 29.7. The Labute approximate surface area is 223 Å². The molecule has 8 nitrogen and oxygen atoms in total. The third kappa shape index (κ3) is 8.28. The van der Waals surface area contributed by atoms with E-state index in [2.05, 4.69) is 5.32 Å². The Balaban J connectivity index is 2.23. The van der Waals surface area contributed by atoms with Crippen molar-refractivity contribution in [2.45, 2.75) is 45.7 Å². The lowest BCUT2D eigenvalue weighted by Gasteiger charge is -2.31. The lowest BCUT2D eigenvalue weighted by molar-refractivity contribution is -0.141. The average molecular weight is 559 g/mol. The molecule has 0 fully saturated rings. The highest BCUT2D eigenvalue weighted by Gasteiger charge is 2.29. The summed E-state index contributed by atoms with van der Waals surface area (Å²) >= 11 is 12.3. The molecule has 0 aromatic heterocycles. The van der Waals surface area contributed by atoms with Crippen molar-refractivity contribution in [2.24, 2.45) is 0 Å². The smallest absolute Gasteiger partial charge is 0.242 e. The SMILES string of the molecule is CCNC(=O)[C@H](CC)N(Cc1ccc(OC)cc1)C(=O)CCCN(c1cc(Cl)ccc1Cl)S(C)(=O)=O. The molecule has 0 saturated carbocycles. The number of rotatable bonds is 13. The van der Waals surface area contributed by atoms with E-state index in [0.717, 1.165) is 16.1 Å². The second-order valence-electron chi connectivity index (χ2n) is 8.22. The van der Waals surface area contributed by atoms with E-state index in [1.807, 2.05) is 26.0 Å². The fraction of sp³-hybridized carbons (Fsp3) is 0.440. The van der Waals surface area contributed by atoms with Crippen molar-refractivity contribution in [1.29, 1.82) is 0 Å². The van der Waals surface area contributed by atoms with E-state index in [-0.39, 0.29) is 48.5 Å². The summed E-state index contributed by atoms with van der Waals surface area (Å²) in [7, 11) is -2.11. The maximum absolute atomic E-state index is 13.4. The van der Waals surface area contributed by atoms with Crippen molar-refractivity contribution in [1.82, 2.24) is 10.2 Å². The number of nitrogens with one attached hydrogen (secondary N) is 1. The Kier molecular flexibility index (Phi) is 11.3. The molecule has 11 heteroatoms. The normalized spacial score (nSPS) is 12.1. The maximum atomic E-state index is 13.4. The molecular weight excluding hydrogens is 525 g/mol. The number of nitrogens with zero attached hydrogens (tertiary/aromatic N) is 2. The van der Waals surface area contributed by atoms with Crippen molar-refractivity contribution in [3.63, 3.8) is 0 Å². The number of hydrogen-bond donors (Lipinski definition) is 1. The zero-order chi connectivity index (χ0) is 26.9. The summed E-state index contributed by atoms with van der Waals surface area (Å²) in [5.41, 5.74) is 1.10. The van der Waals surface area contributed by atoms with Crippen LogP contribution in [0.25, 0.3) is 0 Å². The molecule has 1 N–H and O–H groups in total. The van der Waals surface area contributed by atoms with Crippen molar-refractivity contribution in [3.8, 4) is 5.75 Å². The van der Waals surface area contributed by atoms with Gasteiger partial charge in [-0.1, -0.05) is 42.3 Å². The van der Waals surface area contributed by atoms with E-state index >= 15 is 0 Å². The van der Waals surface area contributed by atoms with Gasteiger partial charge in [0.1, 0.15) is 11.8 Å². The number of halogens is 2. The highest BCUT2D eigenvalue weighted by atomic mass is 35.5. The van der Waals surface area contributed by atoms with E-state index in [4.69, 9.17) is 27.9 Å². The zero-order valence-electron chi connectivity index (χ0n) is 21.0. The Bertz CT molecular complexity index is 1140. The summed E-state index contributed by atoms with van der Waals surface area (Å²) in [6.07, 6.45) is 1.77. The fourth-order valence-corrected chi connectivity index (χ4v) is 5.20. The number of ether oxygens (including phenoxy) is 1. The standard InChI is InChI=1S/C25H33Cl2N3O5S/c1-5-22(25(32)28-6-2)29(17-18-9-12-20(35-3)13-10-18)24(31)8-7-15-30(36(4,33)34)23-16-19(26)11-14-21(23)27/h9-14,16,22H,5-8,15,17H2,1-4H3,(H,28,32)/t22-/m0/s1. The first-order valence-electron chi connectivity index (χ1n) is 11.6. The number of anilines is 1. The van der Waals surface area contributed by atoms with Gasteiger partial charge in [-0.15, -0.1) is 0 Å². The van der Waals surface area contributed by atoms with Crippen molar-refractivity contribution >= 4 is 50.7 Å². The summed E-state index contributed by atoms with van der Waals surface area (Å²) in [6.45, 7) is 4.37. The van der Waals surface area contributed by atoms with Crippen LogP contribution in [0, 0.1) is 0 Å². The maximum Gasteiger partial charge on any atom is 0.242 e. The molecule has 0 radical (unpaired) electrons. The first-order chi connectivity index (χ1) is 17.0. The van der Waals surface area contributed by atoms with Gasteiger partial charge in [0.15, 0.2) is 0 Å². The van der Waals surface area contributed by atoms with E-state index in [0.29, 0.717) is 23.7 Å². The van der Waals surface area contributed by atoms with Crippen molar-refractivity contribution in [3.05, 3.63) is 58.1 Å². The number of likely N-dealkylation sites (N-methyl/N-ethyl adjacent to an activating group) is 1. The molecule has 36 heavy (non-hydrogen) atoms. The molecule has 2 amide bonds. The fourth-order valence-electron chi connectivity index (χ4n) is 3.80. The molecule has 0 aliphatic rings. The van der Waals surface area contributed by atoms with Crippen LogP contribution < -0.4 is 14.4 Å². The number of carbonyl (C=O) groups excluding carboxylic acids is 2. The van der Waals surface area contributed by atoms with E-state index in [1.54, 1.807) is 30.2 Å². The quantitative estimate of drug-likeness (QED) is 0.391. The second kappa shape index (κ2) is 13.7. The molecule has 198 valence electrons. The molecule has 2 rings (SSSR count). The topological polar surface area (TPSA) is 96.0 Å². The summed E-state index contributed by atoms with van der Waals surface area (Å²) in [5, 5.41) is 3.38. The summed E-state index contributed by atoms with van der Waals surface area (Å²) in [4.78, 5) is 27.7. The van der Waals surface area contributed by atoms with Gasteiger partial charge in [-0.05, 0) is 55.7 Å². The molecule has 0 spiro atoms. The van der Waals surface area contributed by atoms with Gasteiger partial charge in [-0.2, -0.15) is 0 Å². The van der Waals surface area contributed by atoms with Crippen LogP contribution in [0.2, 0.25) is 10.0 Å². The number of methoxy groups -OCH3 is 1. The molecule has 1 atom stereocenters. The van der Waals surface area contributed by atoms with Crippen molar-refractivity contribution < 1.29 is 22.7 Å². The lowest BCUT2D eigenvalue weighted by atomic mass is 10.1. The molecule has 0 aliphatic heterocycles. The van der Waals surface area contributed by atoms with E-state index in [1.165, 1.54) is 12.1 Å². The highest BCUT2D eigenvalue weighted by molar-refractivity contribution is 7.92. The number of hydrogen-bond acceptors (Lipinski definition) is 5. The largest absolute Gasteiger partial charge is 0.497 e. The second-order valence-corrected chi connectivity index (χ2v) is 11.0. The minimum absolute atomic E-state index is 0.0267. The molecule has 2 aromatic carbocycles. The molecule has 2 aromatic rings. The van der Waals surface area contributed by atoms with Gasteiger partial charge in [-0.25, -0.2) is 8.42 Å². The Hall–Kier alpha value is -2.49. The molecular formula is C25H33Cl2N3O5S.